The van der Waals surface area contributed by atoms with E-state index >= 15 is 0 Å². The Morgan fingerprint density at radius 3 is 2.08 bits per heavy atom. The Labute approximate surface area is 100 Å². The van der Waals surface area contributed by atoms with Crippen LogP contribution in [0.2, 0.25) is 0 Å². The minimum atomic E-state index is -0.554. The van der Waals surface area contributed by atoms with Crippen LogP contribution in [0.15, 0.2) is 0 Å². The number of alkyl halides is 1. The molecule has 0 aliphatic carbocycles. The summed E-state index contributed by atoms with van der Waals surface area (Å²) >= 11 is 4.43. The molecule has 1 atom stereocenters. The first-order chi connectivity index (χ1) is 5.69. The standard InChI is InChI=1S/C10H21IOS/c1-6-13-8(11)9(2,3)7-10(4,5)12/h8,12H,6-7H2,1-5H3. The molecule has 1 N–H and O–H groups in total. The van der Waals surface area contributed by atoms with E-state index in [4.69, 9.17) is 0 Å². The van der Waals surface area contributed by atoms with Crippen LogP contribution in [0.3, 0.4) is 0 Å². The van der Waals surface area contributed by atoms with E-state index in [2.05, 4.69) is 43.4 Å². The van der Waals surface area contributed by atoms with Crippen molar-refractivity contribution in [3.05, 3.63) is 0 Å². The van der Waals surface area contributed by atoms with Gasteiger partial charge in [0.05, 0.1) is 8.86 Å². The second-order valence-electron chi connectivity index (χ2n) is 4.75. The Morgan fingerprint density at radius 1 is 1.31 bits per heavy atom. The Kier molecular flexibility index (Phi) is 5.63. The van der Waals surface area contributed by atoms with E-state index < -0.39 is 5.60 Å². The van der Waals surface area contributed by atoms with E-state index in [1.54, 1.807) is 0 Å². The van der Waals surface area contributed by atoms with Crippen molar-refractivity contribution in [1.29, 1.82) is 0 Å². The molecule has 80 valence electrons. The van der Waals surface area contributed by atoms with Crippen LogP contribution in [0.1, 0.15) is 41.0 Å². The highest BCUT2D eigenvalue weighted by molar-refractivity contribution is 14.1. The maximum Gasteiger partial charge on any atom is 0.0616 e. The predicted octanol–water partition coefficient (Wildman–Crippen LogP) is 3.69. The Hall–Kier alpha value is 1.04. The average Bonchev–Trinajstić information content (AvgIpc) is 1.82. The van der Waals surface area contributed by atoms with Gasteiger partial charge < -0.3 is 5.11 Å². The molecule has 1 unspecified atom stereocenters. The van der Waals surface area contributed by atoms with Crippen LogP contribution < -0.4 is 0 Å². The Bertz CT molecular complexity index is 151. The summed E-state index contributed by atoms with van der Waals surface area (Å²) in [5, 5.41) is 9.76. The molecule has 0 aromatic rings. The third-order valence-electron chi connectivity index (χ3n) is 1.82. The van der Waals surface area contributed by atoms with Crippen LogP contribution >= 0.6 is 34.4 Å². The van der Waals surface area contributed by atoms with E-state index in [9.17, 15) is 5.11 Å². The highest BCUT2D eigenvalue weighted by atomic mass is 127. The molecule has 0 fully saturated rings. The van der Waals surface area contributed by atoms with Gasteiger partial charge in [-0.1, -0.05) is 43.4 Å². The summed E-state index contributed by atoms with van der Waals surface area (Å²) in [5.74, 6) is 1.14. The number of hydrogen-bond acceptors (Lipinski definition) is 2. The SMILES string of the molecule is CCSC(I)C(C)(C)CC(C)(C)O. The van der Waals surface area contributed by atoms with Gasteiger partial charge in [-0.3, -0.25) is 0 Å². The summed E-state index contributed by atoms with van der Waals surface area (Å²) in [5.41, 5.74) is -0.360. The maximum atomic E-state index is 9.76. The average molecular weight is 316 g/mol. The predicted molar refractivity (Wildman–Crippen MR) is 70.6 cm³/mol. The molecule has 3 heteroatoms. The van der Waals surface area contributed by atoms with Crippen molar-refractivity contribution < 1.29 is 5.11 Å². The van der Waals surface area contributed by atoms with Crippen molar-refractivity contribution in [2.24, 2.45) is 5.41 Å². The Morgan fingerprint density at radius 2 is 1.77 bits per heavy atom. The van der Waals surface area contributed by atoms with Gasteiger partial charge in [0.25, 0.3) is 0 Å². The van der Waals surface area contributed by atoms with Crippen molar-refractivity contribution in [3.8, 4) is 0 Å². The summed E-state index contributed by atoms with van der Waals surface area (Å²) in [6.45, 7) is 10.4. The van der Waals surface area contributed by atoms with Gasteiger partial charge in [0, 0.05) is 0 Å². The quantitative estimate of drug-likeness (QED) is 0.617. The largest absolute Gasteiger partial charge is 0.390 e. The van der Waals surface area contributed by atoms with Gasteiger partial charge in [0.1, 0.15) is 0 Å². The molecule has 0 aromatic carbocycles. The van der Waals surface area contributed by atoms with Gasteiger partial charge in [0.15, 0.2) is 0 Å². The minimum Gasteiger partial charge on any atom is -0.390 e. The lowest BCUT2D eigenvalue weighted by atomic mass is 9.83. The first kappa shape index (κ1) is 14.0. The molecule has 0 saturated heterocycles. The first-order valence-corrected chi connectivity index (χ1v) is 6.96. The Balaban J connectivity index is 4.21. The molecule has 1 nitrogen and oxygen atoms in total. The zero-order valence-electron chi connectivity index (χ0n) is 9.22. The fourth-order valence-electron chi connectivity index (χ4n) is 1.57. The van der Waals surface area contributed by atoms with Gasteiger partial charge in [-0.25, -0.2) is 0 Å². The van der Waals surface area contributed by atoms with Gasteiger partial charge >= 0.3 is 0 Å². The number of thioether (sulfide) groups is 1. The zero-order chi connectivity index (χ0) is 10.7. The molecular weight excluding hydrogens is 295 g/mol. The zero-order valence-corrected chi connectivity index (χ0v) is 12.2. The molecule has 0 spiro atoms. The summed E-state index contributed by atoms with van der Waals surface area (Å²) in [7, 11) is 0. The van der Waals surface area contributed by atoms with Crippen molar-refractivity contribution in [2.45, 2.75) is 49.9 Å². The van der Waals surface area contributed by atoms with E-state index in [0.29, 0.717) is 3.26 Å². The normalized spacial score (nSPS) is 15.9. The van der Waals surface area contributed by atoms with Gasteiger partial charge in [-0.2, -0.15) is 0 Å². The second kappa shape index (κ2) is 5.21. The van der Waals surface area contributed by atoms with Gasteiger partial charge in [-0.05, 0) is 31.4 Å². The first-order valence-electron chi connectivity index (χ1n) is 4.67. The maximum absolute atomic E-state index is 9.76. The third kappa shape index (κ3) is 6.18. The number of aliphatic hydroxyl groups is 1. The molecule has 0 radical (unpaired) electrons. The molecular formula is C10H21IOS. The van der Waals surface area contributed by atoms with E-state index in [1.165, 1.54) is 0 Å². The smallest absolute Gasteiger partial charge is 0.0616 e. The molecule has 0 aliphatic heterocycles. The van der Waals surface area contributed by atoms with Gasteiger partial charge in [-0.15, -0.1) is 11.8 Å². The third-order valence-corrected chi connectivity index (χ3v) is 5.84. The van der Waals surface area contributed by atoms with Crippen molar-refractivity contribution in [2.75, 3.05) is 5.75 Å². The lowest BCUT2D eigenvalue weighted by molar-refractivity contribution is 0.0372. The van der Waals surface area contributed by atoms with E-state index in [1.807, 2.05) is 25.6 Å². The topological polar surface area (TPSA) is 20.2 Å². The van der Waals surface area contributed by atoms with Crippen molar-refractivity contribution in [3.63, 3.8) is 0 Å². The fraction of sp³-hybridized carbons (Fsp3) is 1.00. The highest BCUT2D eigenvalue weighted by Gasteiger charge is 2.32. The molecule has 13 heavy (non-hydrogen) atoms. The van der Waals surface area contributed by atoms with Crippen molar-refractivity contribution in [1.82, 2.24) is 0 Å². The lowest BCUT2D eigenvalue weighted by Crippen LogP contribution is -2.32. The van der Waals surface area contributed by atoms with Crippen LogP contribution in [0.5, 0.6) is 0 Å². The van der Waals surface area contributed by atoms with Crippen LogP contribution in [0.25, 0.3) is 0 Å². The van der Waals surface area contributed by atoms with Crippen LogP contribution in [-0.4, -0.2) is 19.7 Å². The number of halogens is 1. The summed E-state index contributed by atoms with van der Waals surface area (Å²) in [6, 6.07) is 0. The molecule has 0 rings (SSSR count). The highest BCUT2D eigenvalue weighted by Crippen LogP contribution is 2.41. The van der Waals surface area contributed by atoms with Crippen LogP contribution in [-0.2, 0) is 0 Å². The fourth-order valence-corrected chi connectivity index (χ4v) is 3.69. The molecule has 0 heterocycles. The van der Waals surface area contributed by atoms with Gasteiger partial charge in [0.2, 0.25) is 0 Å². The summed E-state index contributed by atoms with van der Waals surface area (Å²) in [6.07, 6.45) is 0.848. The van der Waals surface area contributed by atoms with Crippen LogP contribution in [0.4, 0.5) is 0 Å². The molecule has 0 bridgehead atoms. The lowest BCUT2D eigenvalue weighted by Gasteiger charge is -2.35. The molecule has 0 saturated carbocycles. The monoisotopic (exact) mass is 316 g/mol. The van der Waals surface area contributed by atoms with Crippen LogP contribution in [0, 0.1) is 5.41 Å². The number of hydrogen-bond donors (Lipinski definition) is 1. The minimum absolute atomic E-state index is 0.194. The second-order valence-corrected chi connectivity index (χ2v) is 8.22. The molecule has 0 aliphatic rings. The van der Waals surface area contributed by atoms with E-state index in [-0.39, 0.29) is 5.41 Å². The van der Waals surface area contributed by atoms with E-state index in [0.717, 1.165) is 12.2 Å². The molecule has 0 amide bonds. The summed E-state index contributed by atoms with van der Waals surface area (Å²) < 4.78 is 0.571. The van der Waals surface area contributed by atoms with Crippen molar-refractivity contribution >= 4 is 34.4 Å². The molecule has 0 aromatic heterocycles. The summed E-state index contributed by atoms with van der Waals surface area (Å²) in [4.78, 5) is 0. The number of rotatable bonds is 5.